The van der Waals surface area contributed by atoms with Gasteiger partial charge in [0.05, 0.1) is 34.2 Å². The first-order valence-electron chi connectivity index (χ1n) is 8.13. The van der Waals surface area contributed by atoms with Crippen molar-refractivity contribution in [2.75, 3.05) is 5.32 Å². The van der Waals surface area contributed by atoms with Crippen molar-refractivity contribution >= 4 is 33.5 Å². The van der Waals surface area contributed by atoms with Crippen LogP contribution in [-0.4, -0.2) is 36.5 Å². The van der Waals surface area contributed by atoms with Crippen LogP contribution >= 0.6 is 15.9 Å². The van der Waals surface area contributed by atoms with Crippen LogP contribution in [-0.2, 0) is 13.6 Å². The quantitative estimate of drug-likeness (QED) is 0.646. The summed E-state index contributed by atoms with van der Waals surface area (Å²) in [7, 11) is 1.48. The fourth-order valence-electron chi connectivity index (χ4n) is 2.81. The van der Waals surface area contributed by atoms with Crippen molar-refractivity contribution in [2.24, 2.45) is 7.05 Å². The molecule has 3 rings (SSSR count). The molecule has 27 heavy (non-hydrogen) atoms. The van der Waals surface area contributed by atoms with E-state index in [-0.39, 0.29) is 11.3 Å². The molecular weight excluding hydrogens is 414 g/mol. The zero-order valence-corrected chi connectivity index (χ0v) is 16.6. The van der Waals surface area contributed by atoms with Gasteiger partial charge < -0.3 is 10.4 Å². The Balaban J connectivity index is 1.81. The van der Waals surface area contributed by atoms with Crippen molar-refractivity contribution in [3.63, 3.8) is 0 Å². The molecule has 0 unspecified atom stereocenters. The highest BCUT2D eigenvalue weighted by atomic mass is 79.9. The maximum atomic E-state index is 12.5. The molecule has 0 saturated heterocycles. The van der Waals surface area contributed by atoms with E-state index in [0.717, 1.165) is 26.1 Å². The number of amides is 1. The minimum Gasteiger partial charge on any atom is -0.477 e. The summed E-state index contributed by atoms with van der Waals surface area (Å²) < 4.78 is 4.02. The highest BCUT2D eigenvalue weighted by molar-refractivity contribution is 9.10. The lowest BCUT2D eigenvalue weighted by Crippen LogP contribution is -2.17. The van der Waals surface area contributed by atoms with Crippen molar-refractivity contribution in [1.29, 1.82) is 0 Å². The molecule has 2 N–H and O–H groups in total. The van der Waals surface area contributed by atoms with Gasteiger partial charge in [0.2, 0.25) is 0 Å². The van der Waals surface area contributed by atoms with Crippen molar-refractivity contribution < 1.29 is 14.7 Å². The Kier molecular flexibility index (Phi) is 5.13. The monoisotopic (exact) mass is 431 g/mol. The average molecular weight is 432 g/mol. The summed E-state index contributed by atoms with van der Waals surface area (Å²) in [4.78, 5) is 23.8. The van der Waals surface area contributed by atoms with E-state index < -0.39 is 11.9 Å². The standard InChI is InChI=1S/C18H18BrN5O3/c1-10-15(19)11(2)24(22-10)9-12-5-4-6-13(7-12)21-17(25)14-8-20-23(3)16(14)18(26)27/h4-8H,9H2,1-3H3,(H,21,25)(H,26,27). The number of halogens is 1. The van der Waals surface area contributed by atoms with Gasteiger partial charge in [-0.05, 0) is 47.5 Å². The number of carbonyl (C=O) groups excluding carboxylic acids is 1. The Morgan fingerprint density at radius 3 is 2.67 bits per heavy atom. The zero-order chi connectivity index (χ0) is 19.7. The number of carbonyl (C=O) groups is 2. The Morgan fingerprint density at radius 1 is 1.30 bits per heavy atom. The molecule has 8 nitrogen and oxygen atoms in total. The number of aromatic carboxylic acids is 1. The van der Waals surface area contributed by atoms with Gasteiger partial charge in [0.25, 0.3) is 5.91 Å². The van der Waals surface area contributed by atoms with E-state index in [9.17, 15) is 14.7 Å². The van der Waals surface area contributed by atoms with E-state index >= 15 is 0 Å². The summed E-state index contributed by atoms with van der Waals surface area (Å²) in [5, 5.41) is 20.3. The molecule has 3 aromatic rings. The van der Waals surface area contributed by atoms with Gasteiger partial charge in [-0.2, -0.15) is 10.2 Å². The zero-order valence-electron chi connectivity index (χ0n) is 15.0. The van der Waals surface area contributed by atoms with Gasteiger partial charge in [-0.25, -0.2) is 4.79 Å². The van der Waals surface area contributed by atoms with E-state index in [0.29, 0.717) is 12.2 Å². The smallest absolute Gasteiger partial charge is 0.354 e. The topological polar surface area (TPSA) is 102 Å². The number of anilines is 1. The summed E-state index contributed by atoms with van der Waals surface area (Å²) in [6, 6.07) is 7.34. The maximum absolute atomic E-state index is 12.5. The third-order valence-electron chi connectivity index (χ3n) is 4.20. The Bertz CT molecular complexity index is 1040. The lowest BCUT2D eigenvalue weighted by molar-refractivity contribution is 0.0680. The van der Waals surface area contributed by atoms with Gasteiger partial charge in [-0.1, -0.05) is 12.1 Å². The molecule has 0 atom stereocenters. The van der Waals surface area contributed by atoms with Crippen LogP contribution in [0.25, 0.3) is 0 Å². The molecule has 9 heteroatoms. The summed E-state index contributed by atoms with van der Waals surface area (Å²) in [6.07, 6.45) is 1.25. The molecule has 0 bridgehead atoms. The summed E-state index contributed by atoms with van der Waals surface area (Å²) >= 11 is 3.51. The highest BCUT2D eigenvalue weighted by Crippen LogP contribution is 2.21. The number of aromatic nitrogens is 4. The van der Waals surface area contributed by atoms with Crippen molar-refractivity contribution in [2.45, 2.75) is 20.4 Å². The molecule has 0 aliphatic rings. The van der Waals surface area contributed by atoms with Gasteiger partial charge in [-0.15, -0.1) is 0 Å². The molecule has 140 valence electrons. The number of benzene rings is 1. The minimum atomic E-state index is -1.20. The summed E-state index contributed by atoms with van der Waals surface area (Å²) in [5.74, 6) is -1.73. The second-order valence-corrected chi connectivity index (χ2v) is 6.93. The predicted octanol–water partition coefficient (Wildman–Crippen LogP) is 2.99. The second kappa shape index (κ2) is 7.36. The fourth-order valence-corrected chi connectivity index (χ4v) is 3.09. The van der Waals surface area contributed by atoms with Crippen LogP contribution in [0, 0.1) is 13.8 Å². The number of nitrogens with one attached hydrogen (secondary N) is 1. The van der Waals surface area contributed by atoms with Gasteiger partial charge in [0.1, 0.15) is 0 Å². The normalized spacial score (nSPS) is 10.8. The number of hydrogen-bond acceptors (Lipinski definition) is 4. The Labute approximate surface area is 163 Å². The molecule has 0 fully saturated rings. The fraction of sp³-hybridized carbons (Fsp3) is 0.222. The first kappa shape index (κ1) is 18.8. The minimum absolute atomic E-state index is 0.0119. The molecule has 2 aromatic heterocycles. The number of aryl methyl sites for hydroxylation is 2. The van der Waals surface area contributed by atoms with Crippen LogP contribution < -0.4 is 5.32 Å². The average Bonchev–Trinajstić information content (AvgIpc) is 3.11. The SMILES string of the molecule is Cc1nn(Cc2cccc(NC(=O)c3cnn(C)c3C(=O)O)c2)c(C)c1Br. The maximum Gasteiger partial charge on any atom is 0.354 e. The molecule has 1 amide bonds. The Hall–Kier alpha value is -2.94. The summed E-state index contributed by atoms with van der Waals surface area (Å²) in [6.45, 7) is 4.46. The molecule has 0 saturated carbocycles. The van der Waals surface area contributed by atoms with Gasteiger partial charge in [0, 0.05) is 12.7 Å². The molecule has 0 spiro atoms. The largest absolute Gasteiger partial charge is 0.477 e. The van der Waals surface area contributed by atoms with Crippen LogP contribution in [0.3, 0.4) is 0 Å². The number of nitrogens with zero attached hydrogens (tertiary/aromatic N) is 4. The van der Waals surface area contributed by atoms with Crippen molar-refractivity contribution in [3.05, 3.63) is 63.1 Å². The lowest BCUT2D eigenvalue weighted by atomic mass is 10.1. The molecule has 2 heterocycles. The van der Waals surface area contributed by atoms with Crippen LogP contribution in [0.5, 0.6) is 0 Å². The number of rotatable bonds is 5. The first-order valence-corrected chi connectivity index (χ1v) is 8.92. The van der Waals surface area contributed by atoms with Crippen LogP contribution in [0.1, 0.15) is 37.8 Å². The van der Waals surface area contributed by atoms with E-state index in [1.807, 2.05) is 36.7 Å². The molecule has 0 aliphatic carbocycles. The van der Waals surface area contributed by atoms with E-state index in [1.54, 1.807) is 6.07 Å². The predicted molar refractivity (Wildman–Crippen MR) is 103 cm³/mol. The van der Waals surface area contributed by atoms with Gasteiger partial charge in [0.15, 0.2) is 5.69 Å². The third-order valence-corrected chi connectivity index (χ3v) is 5.34. The van der Waals surface area contributed by atoms with E-state index in [2.05, 4.69) is 31.4 Å². The van der Waals surface area contributed by atoms with E-state index in [4.69, 9.17) is 0 Å². The van der Waals surface area contributed by atoms with Gasteiger partial charge >= 0.3 is 5.97 Å². The van der Waals surface area contributed by atoms with Gasteiger partial charge in [-0.3, -0.25) is 14.2 Å². The lowest BCUT2D eigenvalue weighted by Gasteiger charge is -2.09. The summed E-state index contributed by atoms with van der Waals surface area (Å²) in [5.41, 5.74) is 3.31. The number of hydrogen-bond donors (Lipinski definition) is 2. The van der Waals surface area contributed by atoms with Crippen molar-refractivity contribution in [1.82, 2.24) is 19.6 Å². The number of carboxylic acids is 1. The van der Waals surface area contributed by atoms with Crippen molar-refractivity contribution in [3.8, 4) is 0 Å². The third kappa shape index (κ3) is 3.77. The first-order chi connectivity index (χ1) is 12.8. The highest BCUT2D eigenvalue weighted by Gasteiger charge is 2.21. The molecule has 0 aliphatic heterocycles. The Morgan fingerprint density at radius 2 is 2.04 bits per heavy atom. The number of carboxylic acid groups (broad SMARTS) is 1. The van der Waals surface area contributed by atoms with Crippen LogP contribution in [0.2, 0.25) is 0 Å². The van der Waals surface area contributed by atoms with Crippen LogP contribution in [0.15, 0.2) is 34.9 Å². The molecular formula is C18H18BrN5O3. The molecule has 0 radical (unpaired) electrons. The van der Waals surface area contributed by atoms with Crippen LogP contribution in [0.4, 0.5) is 5.69 Å². The van der Waals surface area contributed by atoms with E-state index in [1.165, 1.54) is 13.2 Å². The second-order valence-electron chi connectivity index (χ2n) is 6.13. The molecule has 1 aromatic carbocycles.